The van der Waals surface area contributed by atoms with Gasteiger partial charge in [-0.25, -0.2) is 4.79 Å². The first-order valence-electron chi connectivity index (χ1n) is 6.38. The van der Waals surface area contributed by atoms with Crippen LogP contribution in [0.25, 0.3) is 5.76 Å². The number of hydrogen-bond donors (Lipinski definition) is 0. The Labute approximate surface area is 101 Å². The summed E-state index contributed by atoms with van der Waals surface area (Å²) >= 11 is 0. The topological polar surface area (TPSA) is 26.3 Å². The SMILES string of the molecule is O=C1O/C(=C\C2CCCCC2)c2ccccc21. The second kappa shape index (κ2) is 4.36. The second-order valence-electron chi connectivity index (χ2n) is 4.86. The van der Waals surface area contributed by atoms with Gasteiger partial charge in [-0.3, -0.25) is 0 Å². The molecule has 0 bridgehead atoms. The van der Waals surface area contributed by atoms with E-state index in [1.807, 2.05) is 24.3 Å². The van der Waals surface area contributed by atoms with Gasteiger partial charge in [-0.1, -0.05) is 37.5 Å². The van der Waals surface area contributed by atoms with Crippen molar-refractivity contribution in [3.63, 3.8) is 0 Å². The summed E-state index contributed by atoms with van der Waals surface area (Å²) in [6.45, 7) is 0. The molecule has 3 rings (SSSR count). The van der Waals surface area contributed by atoms with Crippen LogP contribution in [0.5, 0.6) is 0 Å². The van der Waals surface area contributed by atoms with Gasteiger partial charge in [0.25, 0.3) is 0 Å². The third kappa shape index (κ3) is 1.99. The number of rotatable bonds is 1. The smallest absolute Gasteiger partial charge is 0.344 e. The molecule has 1 saturated carbocycles. The quantitative estimate of drug-likeness (QED) is 0.684. The molecule has 1 heterocycles. The van der Waals surface area contributed by atoms with Gasteiger partial charge >= 0.3 is 5.97 Å². The molecule has 17 heavy (non-hydrogen) atoms. The number of hydrogen-bond acceptors (Lipinski definition) is 2. The van der Waals surface area contributed by atoms with Crippen molar-refractivity contribution in [2.75, 3.05) is 0 Å². The average Bonchev–Trinajstić information content (AvgIpc) is 2.69. The zero-order valence-electron chi connectivity index (χ0n) is 9.82. The Morgan fingerprint density at radius 2 is 1.76 bits per heavy atom. The predicted molar refractivity (Wildman–Crippen MR) is 66.4 cm³/mol. The highest BCUT2D eigenvalue weighted by molar-refractivity contribution is 6.02. The Hall–Kier alpha value is -1.57. The van der Waals surface area contributed by atoms with E-state index in [2.05, 4.69) is 6.08 Å². The van der Waals surface area contributed by atoms with E-state index in [4.69, 9.17) is 4.74 Å². The lowest BCUT2D eigenvalue weighted by molar-refractivity contribution is 0.0714. The summed E-state index contributed by atoms with van der Waals surface area (Å²) in [5, 5.41) is 0. The van der Waals surface area contributed by atoms with Gasteiger partial charge in [0.15, 0.2) is 0 Å². The van der Waals surface area contributed by atoms with Gasteiger partial charge < -0.3 is 4.74 Å². The van der Waals surface area contributed by atoms with Crippen LogP contribution in [0.3, 0.4) is 0 Å². The van der Waals surface area contributed by atoms with E-state index < -0.39 is 0 Å². The molecule has 2 heteroatoms. The van der Waals surface area contributed by atoms with Crippen LogP contribution in [-0.2, 0) is 4.74 Å². The summed E-state index contributed by atoms with van der Waals surface area (Å²) in [6, 6.07) is 7.63. The number of benzene rings is 1. The van der Waals surface area contributed by atoms with E-state index in [-0.39, 0.29) is 5.97 Å². The molecule has 0 spiro atoms. The number of carbonyl (C=O) groups excluding carboxylic acids is 1. The summed E-state index contributed by atoms with van der Waals surface area (Å²) in [6.07, 6.45) is 8.54. The fourth-order valence-electron chi connectivity index (χ4n) is 2.72. The Balaban J connectivity index is 1.90. The zero-order chi connectivity index (χ0) is 11.7. The lowest BCUT2D eigenvalue weighted by Gasteiger charge is -2.18. The molecule has 1 aliphatic heterocycles. The number of allylic oxidation sites excluding steroid dienone is 1. The van der Waals surface area contributed by atoms with E-state index in [9.17, 15) is 4.79 Å². The van der Waals surface area contributed by atoms with Gasteiger partial charge in [0.1, 0.15) is 5.76 Å². The predicted octanol–water partition coefficient (Wildman–Crippen LogP) is 3.78. The van der Waals surface area contributed by atoms with E-state index in [1.165, 1.54) is 32.1 Å². The van der Waals surface area contributed by atoms with Crippen molar-refractivity contribution in [2.24, 2.45) is 5.92 Å². The fraction of sp³-hybridized carbons (Fsp3) is 0.400. The van der Waals surface area contributed by atoms with Crippen LogP contribution in [0.15, 0.2) is 30.3 Å². The van der Waals surface area contributed by atoms with Crippen LogP contribution in [0.1, 0.15) is 48.0 Å². The molecule has 0 saturated heterocycles. The highest BCUT2D eigenvalue weighted by Gasteiger charge is 2.26. The van der Waals surface area contributed by atoms with E-state index >= 15 is 0 Å². The largest absolute Gasteiger partial charge is 0.423 e. The fourth-order valence-corrected chi connectivity index (χ4v) is 2.72. The van der Waals surface area contributed by atoms with Gasteiger partial charge in [-0.05, 0) is 30.9 Å². The molecular formula is C15H16O2. The molecule has 1 fully saturated rings. The van der Waals surface area contributed by atoms with Crippen LogP contribution in [-0.4, -0.2) is 5.97 Å². The molecule has 1 aromatic rings. The molecule has 0 N–H and O–H groups in total. The summed E-state index contributed by atoms with van der Waals surface area (Å²) in [5.74, 6) is 1.15. The molecule has 2 nitrogen and oxygen atoms in total. The van der Waals surface area contributed by atoms with Crippen molar-refractivity contribution in [3.8, 4) is 0 Å². The molecule has 2 aliphatic rings. The number of ether oxygens (including phenoxy) is 1. The first-order chi connectivity index (χ1) is 8.34. The Morgan fingerprint density at radius 3 is 2.53 bits per heavy atom. The Bertz CT molecular complexity index is 468. The molecule has 0 atom stereocenters. The summed E-state index contributed by atoms with van der Waals surface area (Å²) in [5.41, 5.74) is 1.66. The van der Waals surface area contributed by atoms with Crippen molar-refractivity contribution < 1.29 is 9.53 Å². The first kappa shape index (κ1) is 10.6. The van der Waals surface area contributed by atoms with Crippen molar-refractivity contribution in [1.29, 1.82) is 0 Å². The van der Waals surface area contributed by atoms with Crippen LogP contribution in [0.2, 0.25) is 0 Å². The van der Waals surface area contributed by atoms with Crippen LogP contribution in [0, 0.1) is 5.92 Å². The maximum Gasteiger partial charge on any atom is 0.344 e. The van der Waals surface area contributed by atoms with Crippen molar-refractivity contribution in [1.82, 2.24) is 0 Å². The maximum absolute atomic E-state index is 11.7. The Kier molecular flexibility index (Phi) is 2.71. The molecule has 0 amide bonds. The summed E-state index contributed by atoms with van der Waals surface area (Å²) in [4.78, 5) is 11.7. The molecule has 0 aromatic heterocycles. The number of cyclic esters (lactones) is 1. The molecule has 1 aromatic carbocycles. The van der Waals surface area contributed by atoms with Gasteiger partial charge in [0.05, 0.1) is 5.56 Å². The summed E-state index contributed by atoms with van der Waals surface area (Å²) < 4.78 is 5.36. The minimum Gasteiger partial charge on any atom is -0.423 e. The molecule has 0 radical (unpaired) electrons. The number of fused-ring (bicyclic) bond motifs is 1. The standard InChI is InChI=1S/C15H16O2/c16-15-13-9-5-4-8-12(13)14(17-15)10-11-6-2-1-3-7-11/h4-5,8-11H,1-3,6-7H2/b14-10-. The first-order valence-corrected chi connectivity index (χ1v) is 6.38. The van der Waals surface area contributed by atoms with Crippen molar-refractivity contribution in [2.45, 2.75) is 32.1 Å². The Morgan fingerprint density at radius 1 is 1.06 bits per heavy atom. The molecule has 0 unspecified atom stereocenters. The number of esters is 1. The zero-order valence-corrected chi connectivity index (χ0v) is 9.82. The lowest BCUT2D eigenvalue weighted by atomic mass is 9.88. The number of carbonyl (C=O) groups is 1. The van der Waals surface area contributed by atoms with Crippen molar-refractivity contribution in [3.05, 3.63) is 41.5 Å². The molecule has 1 aliphatic carbocycles. The van der Waals surface area contributed by atoms with Crippen LogP contribution >= 0.6 is 0 Å². The maximum atomic E-state index is 11.7. The third-order valence-electron chi connectivity index (χ3n) is 3.65. The van der Waals surface area contributed by atoms with E-state index in [0.717, 1.165) is 11.3 Å². The highest BCUT2D eigenvalue weighted by atomic mass is 16.5. The molecule has 88 valence electrons. The normalized spacial score (nSPS) is 22.6. The second-order valence-corrected chi connectivity index (χ2v) is 4.86. The van der Waals surface area contributed by atoms with Crippen LogP contribution < -0.4 is 0 Å². The van der Waals surface area contributed by atoms with Gasteiger partial charge in [-0.15, -0.1) is 0 Å². The lowest BCUT2D eigenvalue weighted by Crippen LogP contribution is -2.03. The highest BCUT2D eigenvalue weighted by Crippen LogP contribution is 2.33. The monoisotopic (exact) mass is 228 g/mol. The molecular weight excluding hydrogens is 212 g/mol. The van der Waals surface area contributed by atoms with E-state index in [1.54, 1.807) is 0 Å². The minimum absolute atomic E-state index is 0.206. The third-order valence-corrected chi connectivity index (χ3v) is 3.65. The van der Waals surface area contributed by atoms with E-state index in [0.29, 0.717) is 11.5 Å². The van der Waals surface area contributed by atoms with Gasteiger partial charge in [0, 0.05) is 5.56 Å². The minimum atomic E-state index is -0.206. The van der Waals surface area contributed by atoms with Gasteiger partial charge in [-0.2, -0.15) is 0 Å². The van der Waals surface area contributed by atoms with Crippen molar-refractivity contribution >= 4 is 11.7 Å². The van der Waals surface area contributed by atoms with Crippen LogP contribution in [0.4, 0.5) is 0 Å². The summed E-state index contributed by atoms with van der Waals surface area (Å²) in [7, 11) is 0. The van der Waals surface area contributed by atoms with Gasteiger partial charge in [0.2, 0.25) is 0 Å². The average molecular weight is 228 g/mol.